The Kier molecular flexibility index (Phi) is 6.80. The molecule has 1 amide bonds. The number of halogens is 6. The summed E-state index contributed by atoms with van der Waals surface area (Å²) < 4.78 is 78.2. The fourth-order valence-corrected chi connectivity index (χ4v) is 4.48. The van der Waals surface area contributed by atoms with Crippen LogP contribution in [-0.2, 0) is 12.4 Å². The molecule has 1 N–H and O–H groups in total. The molecule has 200 valence electrons. The molecule has 0 unspecified atom stereocenters. The summed E-state index contributed by atoms with van der Waals surface area (Å²) in [5.41, 5.74) is 1.59. The highest BCUT2D eigenvalue weighted by Crippen LogP contribution is 2.34. The van der Waals surface area contributed by atoms with Crippen LogP contribution < -0.4 is 5.32 Å². The lowest BCUT2D eigenvalue weighted by atomic mass is 9.97. The maximum atomic E-state index is 13.0. The second kappa shape index (κ2) is 10.1. The number of nitrogens with zero attached hydrogens (tertiary/aromatic N) is 2. The number of anilines is 2. The van der Waals surface area contributed by atoms with Crippen LogP contribution in [0.5, 0.6) is 0 Å². The van der Waals surface area contributed by atoms with Crippen LogP contribution in [0.3, 0.4) is 0 Å². The Balaban J connectivity index is 1.27. The third kappa shape index (κ3) is 5.74. The molecule has 10 heteroatoms. The zero-order valence-corrected chi connectivity index (χ0v) is 20.3. The molecule has 2 heterocycles. The summed E-state index contributed by atoms with van der Waals surface area (Å²) in [6.45, 7) is 0.636. The van der Waals surface area contributed by atoms with Gasteiger partial charge in [0.25, 0.3) is 5.91 Å². The molecule has 1 aliphatic rings. The second-order valence-corrected chi connectivity index (χ2v) is 9.10. The number of pyridine rings is 1. The standard InChI is InChI=1S/C29H21F6N3O/c30-28(31,32)21-3-1-2-20(16-21)18-11-14-38(15-12-18)27(39)19-4-7-23(8-5-19)37-25-10-13-36-26-17-22(29(33,34)35)6-9-24(25)26/h1-11,13,16-17H,12,14-15H2,(H,36,37). The van der Waals surface area contributed by atoms with Gasteiger partial charge in [-0.05, 0) is 72.2 Å². The van der Waals surface area contributed by atoms with Gasteiger partial charge in [0, 0.05) is 41.6 Å². The summed E-state index contributed by atoms with van der Waals surface area (Å²) in [5.74, 6) is -0.213. The van der Waals surface area contributed by atoms with E-state index in [9.17, 15) is 31.1 Å². The van der Waals surface area contributed by atoms with Gasteiger partial charge in [-0.1, -0.05) is 24.3 Å². The third-order valence-corrected chi connectivity index (χ3v) is 6.54. The summed E-state index contributed by atoms with van der Waals surface area (Å²) in [6.07, 6.45) is -5.27. The van der Waals surface area contributed by atoms with Gasteiger partial charge in [-0.3, -0.25) is 9.78 Å². The number of aromatic nitrogens is 1. The Labute approximate surface area is 219 Å². The van der Waals surface area contributed by atoms with Gasteiger partial charge in [0.05, 0.1) is 16.6 Å². The lowest BCUT2D eigenvalue weighted by molar-refractivity contribution is -0.138. The molecule has 0 saturated carbocycles. The van der Waals surface area contributed by atoms with Crippen molar-refractivity contribution in [3.63, 3.8) is 0 Å². The van der Waals surface area contributed by atoms with E-state index in [1.807, 2.05) is 0 Å². The van der Waals surface area contributed by atoms with Gasteiger partial charge in [0.15, 0.2) is 0 Å². The summed E-state index contributed by atoms with van der Waals surface area (Å²) in [4.78, 5) is 18.7. The number of rotatable bonds is 4. The average molecular weight is 541 g/mol. The zero-order chi connectivity index (χ0) is 27.8. The average Bonchev–Trinajstić information content (AvgIpc) is 2.92. The highest BCUT2D eigenvalue weighted by molar-refractivity contribution is 5.96. The minimum atomic E-state index is -4.47. The Bertz CT molecular complexity index is 1560. The van der Waals surface area contributed by atoms with Gasteiger partial charge in [-0.25, -0.2) is 0 Å². The van der Waals surface area contributed by atoms with Gasteiger partial charge >= 0.3 is 12.4 Å². The van der Waals surface area contributed by atoms with Crippen LogP contribution in [0.25, 0.3) is 16.5 Å². The van der Waals surface area contributed by atoms with Crippen molar-refractivity contribution in [2.75, 3.05) is 18.4 Å². The topological polar surface area (TPSA) is 45.2 Å². The molecule has 0 bridgehead atoms. The normalized spacial score (nSPS) is 14.3. The first-order chi connectivity index (χ1) is 18.5. The number of hydrogen-bond donors (Lipinski definition) is 1. The van der Waals surface area contributed by atoms with Crippen molar-refractivity contribution in [1.82, 2.24) is 9.88 Å². The third-order valence-electron chi connectivity index (χ3n) is 6.54. The van der Waals surface area contributed by atoms with Gasteiger partial charge in [0.1, 0.15) is 0 Å². The molecule has 1 aromatic heterocycles. The highest BCUT2D eigenvalue weighted by atomic mass is 19.4. The lowest BCUT2D eigenvalue weighted by Crippen LogP contribution is -2.34. The van der Waals surface area contributed by atoms with Gasteiger partial charge in [-0.15, -0.1) is 0 Å². The largest absolute Gasteiger partial charge is 0.416 e. The van der Waals surface area contributed by atoms with E-state index in [0.717, 1.165) is 29.8 Å². The van der Waals surface area contributed by atoms with Crippen LogP contribution >= 0.6 is 0 Å². The second-order valence-electron chi connectivity index (χ2n) is 9.10. The fraction of sp³-hybridized carbons (Fsp3) is 0.172. The molecule has 0 aliphatic carbocycles. The van der Waals surface area contributed by atoms with Crippen LogP contribution in [0.1, 0.15) is 33.5 Å². The van der Waals surface area contributed by atoms with E-state index in [1.54, 1.807) is 47.4 Å². The molecular weight excluding hydrogens is 520 g/mol. The van der Waals surface area contributed by atoms with E-state index < -0.39 is 23.5 Å². The molecule has 4 aromatic rings. The summed E-state index contributed by atoms with van der Waals surface area (Å²) >= 11 is 0. The summed E-state index contributed by atoms with van der Waals surface area (Å²) in [7, 11) is 0. The van der Waals surface area contributed by atoms with E-state index >= 15 is 0 Å². The number of benzene rings is 3. The Morgan fingerprint density at radius 1 is 0.846 bits per heavy atom. The summed E-state index contributed by atoms with van der Waals surface area (Å²) in [5, 5.41) is 3.67. The fourth-order valence-electron chi connectivity index (χ4n) is 4.48. The Morgan fingerprint density at radius 3 is 2.23 bits per heavy atom. The molecule has 4 nitrogen and oxygen atoms in total. The van der Waals surface area contributed by atoms with Crippen LogP contribution in [-0.4, -0.2) is 28.9 Å². The Hall–Kier alpha value is -4.34. The van der Waals surface area contributed by atoms with Crippen LogP contribution in [0.15, 0.2) is 85.1 Å². The maximum Gasteiger partial charge on any atom is 0.416 e. The lowest BCUT2D eigenvalue weighted by Gasteiger charge is -2.27. The first kappa shape index (κ1) is 26.3. The molecule has 3 aromatic carbocycles. The van der Waals surface area contributed by atoms with E-state index in [1.165, 1.54) is 18.3 Å². The predicted octanol–water partition coefficient (Wildman–Crippen LogP) is 7.95. The number of carbonyl (C=O) groups is 1. The number of nitrogens with one attached hydrogen (secondary N) is 1. The van der Waals surface area contributed by atoms with Crippen LogP contribution in [0.4, 0.5) is 37.7 Å². The van der Waals surface area contributed by atoms with E-state index in [2.05, 4.69) is 10.3 Å². The molecule has 39 heavy (non-hydrogen) atoms. The minimum Gasteiger partial charge on any atom is -0.355 e. The first-order valence-electron chi connectivity index (χ1n) is 12.0. The van der Waals surface area contributed by atoms with Gasteiger partial charge in [-0.2, -0.15) is 26.3 Å². The van der Waals surface area contributed by atoms with E-state index in [-0.39, 0.29) is 18.0 Å². The number of carbonyl (C=O) groups excluding carboxylic acids is 1. The maximum absolute atomic E-state index is 13.0. The number of alkyl halides is 6. The van der Waals surface area contributed by atoms with E-state index in [4.69, 9.17) is 0 Å². The quantitative estimate of drug-likeness (QED) is 0.267. The van der Waals surface area contributed by atoms with E-state index in [0.29, 0.717) is 40.9 Å². The predicted molar refractivity (Wildman–Crippen MR) is 136 cm³/mol. The monoisotopic (exact) mass is 541 g/mol. The molecule has 0 spiro atoms. The molecule has 0 saturated heterocycles. The SMILES string of the molecule is O=C(c1ccc(Nc2ccnc3cc(C(F)(F)F)ccc23)cc1)N1CC=C(c2cccc(C(F)(F)F)c2)CC1. The van der Waals surface area contributed by atoms with Gasteiger partial charge < -0.3 is 10.2 Å². The minimum absolute atomic E-state index is 0.198. The van der Waals surface area contributed by atoms with Crippen LogP contribution in [0.2, 0.25) is 0 Å². The highest BCUT2D eigenvalue weighted by Gasteiger charge is 2.31. The molecule has 5 rings (SSSR count). The number of hydrogen-bond acceptors (Lipinski definition) is 3. The van der Waals surface area contributed by atoms with Crippen molar-refractivity contribution >= 4 is 33.8 Å². The first-order valence-corrected chi connectivity index (χ1v) is 12.0. The van der Waals surface area contributed by atoms with Crippen molar-refractivity contribution in [3.05, 3.63) is 107 Å². The molecule has 0 radical (unpaired) electrons. The molecule has 0 fully saturated rings. The van der Waals surface area contributed by atoms with Crippen molar-refractivity contribution in [2.45, 2.75) is 18.8 Å². The zero-order valence-electron chi connectivity index (χ0n) is 20.3. The molecule has 1 aliphatic heterocycles. The Morgan fingerprint density at radius 2 is 1.56 bits per heavy atom. The van der Waals surface area contributed by atoms with Crippen molar-refractivity contribution in [1.29, 1.82) is 0 Å². The summed E-state index contributed by atoms with van der Waals surface area (Å²) in [6, 6.07) is 16.8. The van der Waals surface area contributed by atoms with Crippen molar-refractivity contribution in [3.8, 4) is 0 Å². The smallest absolute Gasteiger partial charge is 0.355 e. The molecule has 0 atom stereocenters. The number of fused-ring (bicyclic) bond motifs is 1. The van der Waals surface area contributed by atoms with Crippen LogP contribution in [0, 0.1) is 0 Å². The van der Waals surface area contributed by atoms with Gasteiger partial charge in [0.2, 0.25) is 0 Å². The molecular formula is C29H21F6N3O. The van der Waals surface area contributed by atoms with Crippen molar-refractivity contribution < 1.29 is 31.1 Å². The van der Waals surface area contributed by atoms with Crippen molar-refractivity contribution in [2.24, 2.45) is 0 Å². The number of amides is 1.